The van der Waals surface area contributed by atoms with E-state index in [0.717, 1.165) is 44.5 Å². The average Bonchev–Trinajstić information content (AvgIpc) is 3.27. The highest BCUT2D eigenvalue weighted by molar-refractivity contribution is 14.0. The zero-order valence-corrected chi connectivity index (χ0v) is 17.3. The Morgan fingerprint density at radius 2 is 2.00 bits per heavy atom. The highest BCUT2D eigenvalue weighted by Gasteiger charge is 2.43. The van der Waals surface area contributed by atoms with Crippen molar-refractivity contribution in [2.24, 2.45) is 10.4 Å². The predicted molar refractivity (Wildman–Crippen MR) is 106 cm³/mol. The average molecular weight is 450 g/mol. The van der Waals surface area contributed by atoms with Crippen molar-refractivity contribution in [2.75, 3.05) is 27.7 Å². The smallest absolute Gasteiger partial charge is 0.230 e. The maximum Gasteiger partial charge on any atom is 0.230 e. The number of amides is 1. The van der Waals surface area contributed by atoms with Crippen molar-refractivity contribution in [3.05, 3.63) is 0 Å². The van der Waals surface area contributed by atoms with Crippen molar-refractivity contribution in [3.63, 3.8) is 0 Å². The first-order chi connectivity index (χ1) is 11.0. The lowest BCUT2D eigenvalue weighted by Crippen LogP contribution is -2.52. The van der Waals surface area contributed by atoms with Crippen LogP contribution in [0.2, 0.25) is 0 Å². The van der Waals surface area contributed by atoms with Gasteiger partial charge in [0, 0.05) is 27.7 Å². The number of halogens is 1. The molecule has 24 heavy (non-hydrogen) atoms. The summed E-state index contributed by atoms with van der Waals surface area (Å²) in [5.41, 5.74) is -0.272. The molecule has 0 aromatic carbocycles. The SMILES string of the molecule is CN=C(NCC1(C(=O)N(C)C)CCCC1)NC1CC2CCC1O2.I. The fourth-order valence-corrected chi connectivity index (χ4v) is 4.41. The molecule has 0 aromatic heterocycles. The summed E-state index contributed by atoms with van der Waals surface area (Å²) in [6.45, 7) is 0.658. The van der Waals surface area contributed by atoms with E-state index in [0.29, 0.717) is 24.8 Å². The van der Waals surface area contributed by atoms with Gasteiger partial charge in [0.2, 0.25) is 5.91 Å². The van der Waals surface area contributed by atoms with Crippen molar-refractivity contribution in [1.82, 2.24) is 15.5 Å². The highest BCUT2D eigenvalue weighted by atomic mass is 127. The van der Waals surface area contributed by atoms with Crippen LogP contribution in [0, 0.1) is 5.41 Å². The molecule has 138 valence electrons. The van der Waals surface area contributed by atoms with Crippen LogP contribution in [0.3, 0.4) is 0 Å². The van der Waals surface area contributed by atoms with E-state index in [4.69, 9.17) is 4.74 Å². The molecule has 2 bridgehead atoms. The number of ether oxygens (including phenoxy) is 1. The van der Waals surface area contributed by atoms with Gasteiger partial charge >= 0.3 is 0 Å². The molecule has 3 aliphatic rings. The Labute approximate surface area is 162 Å². The molecule has 3 unspecified atom stereocenters. The lowest BCUT2D eigenvalue weighted by Gasteiger charge is -2.32. The normalized spacial score (nSPS) is 30.8. The zero-order valence-electron chi connectivity index (χ0n) is 15.0. The van der Waals surface area contributed by atoms with E-state index in [9.17, 15) is 4.79 Å². The molecule has 2 aliphatic heterocycles. The summed E-state index contributed by atoms with van der Waals surface area (Å²) in [7, 11) is 5.49. The second-order valence-corrected chi connectivity index (χ2v) is 7.47. The first-order valence-electron chi connectivity index (χ1n) is 8.88. The first kappa shape index (κ1) is 19.8. The van der Waals surface area contributed by atoms with Crippen LogP contribution in [-0.2, 0) is 9.53 Å². The van der Waals surface area contributed by atoms with Gasteiger partial charge in [-0.15, -0.1) is 24.0 Å². The Hall–Kier alpha value is -0.570. The lowest BCUT2D eigenvalue weighted by atomic mass is 9.84. The topological polar surface area (TPSA) is 66.0 Å². The summed E-state index contributed by atoms with van der Waals surface area (Å²) in [5.74, 6) is 1.03. The van der Waals surface area contributed by atoms with E-state index >= 15 is 0 Å². The van der Waals surface area contributed by atoms with Crippen molar-refractivity contribution < 1.29 is 9.53 Å². The van der Waals surface area contributed by atoms with Crippen LogP contribution in [0.1, 0.15) is 44.9 Å². The van der Waals surface area contributed by atoms with Gasteiger partial charge in [0.15, 0.2) is 5.96 Å². The molecule has 0 radical (unpaired) electrons. The summed E-state index contributed by atoms with van der Waals surface area (Å²) in [5, 5.41) is 6.91. The molecule has 2 saturated heterocycles. The monoisotopic (exact) mass is 450 g/mol. The van der Waals surface area contributed by atoms with Crippen LogP contribution in [0.25, 0.3) is 0 Å². The van der Waals surface area contributed by atoms with Gasteiger partial charge in [0.1, 0.15) is 0 Å². The second kappa shape index (κ2) is 8.21. The van der Waals surface area contributed by atoms with Gasteiger partial charge in [-0.1, -0.05) is 12.8 Å². The first-order valence-corrected chi connectivity index (χ1v) is 8.88. The summed E-state index contributed by atoms with van der Waals surface area (Å²) in [6.07, 6.45) is 8.33. The number of aliphatic imine (C=N–C) groups is 1. The van der Waals surface area contributed by atoms with Crippen molar-refractivity contribution in [1.29, 1.82) is 0 Å². The molecule has 1 amide bonds. The van der Waals surface area contributed by atoms with Gasteiger partial charge in [-0.25, -0.2) is 0 Å². The number of guanidine groups is 1. The van der Waals surface area contributed by atoms with Gasteiger partial charge in [0.05, 0.1) is 23.7 Å². The van der Waals surface area contributed by atoms with Crippen molar-refractivity contribution >= 4 is 35.8 Å². The van der Waals surface area contributed by atoms with E-state index < -0.39 is 0 Å². The van der Waals surface area contributed by atoms with Gasteiger partial charge < -0.3 is 20.3 Å². The van der Waals surface area contributed by atoms with E-state index in [-0.39, 0.29) is 35.3 Å². The van der Waals surface area contributed by atoms with E-state index in [1.54, 1.807) is 11.9 Å². The quantitative estimate of drug-likeness (QED) is 0.389. The lowest BCUT2D eigenvalue weighted by molar-refractivity contribution is -0.138. The fraction of sp³-hybridized carbons (Fsp3) is 0.882. The molecule has 1 saturated carbocycles. The van der Waals surface area contributed by atoms with Crippen LogP contribution >= 0.6 is 24.0 Å². The molecular weight excluding hydrogens is 419 g/mol. The third-order valence-electron chi connectivity index (χ3n) is 5.67. The number of carbonyl (C=O) groups is 1. The maximum atomic E-state index is 12.6. The second-order valence-electron chi connectivity index (χ2n) is 7.47. The van der Waals surface area contributed by atoms with Crippen molar-refractivity contribution in [2.45, 2.75) is 63.2 Å². The number of carbonyl (C=O) groups excluding carboxylic acids is 1. The molecule has 3 rings (SSSR count). The number of nitrogens with one attached hydrogen (secondary N) is 2. The summed E-state index contributed by atoms with van der Waals surface area (Å²) in [6, 6.07) is 0.351. The van der Waals surface area contributed by atoms with E-state index in [2.05, 4.69) is 15.6 Å². The number of hydrogen-bond donors (Lipinski definition) is 2. The number of hydrogen-bond acceptors (Lipinski definition) is 3. The molecule has 7 heteroatoms. The Morgan fingerprint density at radius 3 is 2.50 bits per heavy atom. The van der Waals surface area contributed by atoms with Crippen molar-refractivity contribution in [3.8, 4) is 0 Å². The van der Waals surface area contributed by atoms with Crippen LogP contribution in [0.4, 0.5) is 0 Å². The van der Waals surface area contributed by atoms with Gasteiger partial charge in [-0.05, 0) is 32.1 Å². The van der Waals surface area contributed by atoms with E-state index in [1.165, 1.54) is 6.42 Å². The molecule has 6 nitrogen and oxygen atoms in total. The molecule has 3 atom stereocenters. The van der Waals surface area contributed by atoms with Crippen LogP contribution in [-0.4, -0.2) is 62.7 Å². The largest absolute Gasteiger partial charge is 0.373 e. The van der Waals surface area contributed by atoms with Gasteiger partial charge in [-0.3, -0.25) is 9.79 Å². The molecule has 1 aliphatic carbocycles. The van der Waals surface area contributed by atoms with Gasteiger partial charge in [-0.2, -0.15) is 0 Å². The molecule has 3 fully saturated rings. The fourth-order valence-electron chi connectivity index (χ4n) is 4.41. The van der Waals surface area contributed by atoms with Crippen LogP contribution < -0.4 is 10.6 Å². The Balaban J connectivity index is 0.00000208. The molecular formula is C17H31IN4O2. The van der Waals surface area contributed by atoms with Gasteiger partial charge in [0.25, 0.3) is 0 Å². The number of rotatable bonds is 4. The predicted octanol–water partition coefficient (Wildman–Crippen LogP) is 1.74. The summed E-state index contributed by atoms with van der Waals surface area (Å²) in [4.78, 5) is 18.7. The van der Waals surface area contributed by atoms with E-state index in [1.807, 2.05) is 14.1 Å². The molecule has 2 heterocycles. The Morgan fingerprint density at radius 1 is 1.29 bits per heavy atom. The highest BCUT2D eigenvalue weighted by Crippen LogP contribution is 2.39. The maximum absolute atomic E-state index is 12.6. The minimum Gasteiger partial charge on any atom is -0.373 e. The summed E-state index contributed by atoms with van der Waals surface area (Å²) < 4.78 is 5.89. The zero-order chi connectivity index (χ0) is 16.4. The minimum atomic E-state index is -0.272. The molecule has 2 N–H and O–H groups in total. The Kier molecular flexibility index (Phi) is 6.75. The minimum absolute atomic E-state index is 0. The standard InChI is InChI=1S/C17H30N4O2.HI/c1-18-16(20-13-10-12-6-7-14(13)23-12)19-11-17(8-4-5-9-17)15(22)21(2)3;/h12-14H,4-11H2,1-3H3,(H2,18,19,20);1H. The Bertz CT molecular complexity index is 477. The summed E-state index contributed by atoms with van der Waals surface area (Å²) >= 11 is 0. The van der Waals surface area contributed by atoms with Crippen LogP contribution in [0.15, 0.2) is 4.99 Å². The molecule has 0 spiro atoms. The molecule has 0 aromatic rings. The third-order valence-corrected chi connectivity index (χ3v) is 5.67. The van der Waals surface area contributed by atoms with Crippen LogP contribution in [0.5, 0.6) is 0 Å². The number of nitrogens with zero attached hydrogens (tertiary/aromatic N) is 2. The third kappa shape index (κ3) is 3.98. The number of fused-ring (bicyclic) bond motifs is 2.